The lowest BCUT2D eigenvalue weighted by Crippen LogP contribution is -2.36. The first-order valence-electron chi connectivity index (χ1n) is 11.8. The van der Waals surface area contributed by atoms with Gasteiger partial charge in [-0.1, -0.05) is 37.3 Å². The molecule has 2 aromatic rings. The summed E-state index contributed by atoms with van der Waals surface area (Å²) in [4.78, 5) is 55.2. The summed E-state index contributed by atoms with van der Waals surface area (Å²) >= 11 is 0. The fraction of sp³-hybridized carbons (Fsp3) is 0.500. The number of aromatic nitrogens is 2. The van der Waals surface area contributed by atoms with E-state index < -0.39 is 72.2 Å². The van der Waals surface area contributed by atoms with E-state index in [4.69, 9.17) is 18.7 Å². The van der Waals surface area contributed by atoms with Crippen LogP contribution in [-0.4, -0.2) is 62.0 Å². The molecule has 0 amide bonds. The van der Waals surface area contributed by atoms with Crippen LogP contribution in [0.25, 0.3) is 0 Å². The third kappa shape index (κ3) is 8.14. The molecule has 222 valence electrons. The number of hydrogen-bond donors (Lipinski definition) is 4. The van der Waals surface area contributed by atoms with E-state index in [0.717, 1.165) is 16.2 Å². The molecule has 2 aliphatic heterocycles. The summed E-state index contributed by atoms with van der Waals surface area (Å²) in [6, 6.07) is 10.2. The monoisotopic (exact) mass is 628 g/mol. The van der Waals surface area contributed by atoms with E-state index in [1.54, 1.807) is 6.92 Å². The summed E-state index contributed by atoms with van der Waals surface area (Å²) in [5.41, 5.74) is -0.598. The van der Waals surface area contributed by atoms with Crippen LogP contribution in [0.2, 0.25) is 0 Å². The van der Waals surface area contributed by atoms with Gasteiger partial charge in [-0.05, 0) is 12.0 Å². The Kier molecular flexibility index (Phi) is 9.80. The van der Waals surface area contributed by atoms with Gasteiger partial charge in [0.15, 0.2) is 12.5 Å². The SMILES string of the molecule is CCCOP(=O)(O)OP(=O)(O)OP(=O)(O)OCC1OC(n2ccc(=O)[nH]c2=O)C2OC(Cc3ccccc3)OC12. The fourth-order valence-electron chi connectivity index (χ4n) is 3.99. The Labute approximate surface area is 226 Å². The van der Waals surface area contributed by atoms with Gasteiger partial charge in [0.1, 0.15) is 18.3 Å². The maximum absolute atomic E-state index is 12.4. The highest BCUT2D eigenvalue weighted by molar-refractivity contribution is 7.66. The van der Waals surface area contributed by atoms with Crippen molar-refractivity contribution in [3.8, 4) is 0 Å². The number of phosphoric acid groups is 3. The van der Waals surface area contributed by atoms with Crippen molar-refractivity contribution in [1.29, 1.82) is 0 Å². The first-order valence-corrected chi connectivity index (χ1v) is 16.3. The number of nitrogens with zero attached hydrogens (tertiary/aromatic N) is 1. The molecule has 4 N–H and O–H groups in total. The summed E-state index contributed by atoms with van der Waals surface area (Å²) in [7, 11) is -16.1. The number of rotatable bonds is 13. The molecule has 17 nitrogen and oxygen atoms in total. The summed E-state index contributed by atoms with van der Waals surface area (Å²) in [5, 5.41) is 0. The van der Waals surface area contributed by atoms with E-state index in [-0.39, 0.29) is 13.0 Å². The van der Waals surface area contributed by atoms with Crippen molar-refractivity contribution >= 4 is 23.5 Å². The third-order valence-electron chi connectivity index (χ3n) is 5.55. The highest BCUT2D eigenvalue weighted by atomic mass is 31.3. The zero-order valence-electron chi connectivity index (χ0n) is 20.8. The molecule has 1 aromatic carbocycles. The minimum absolute atomic E-state index is 0.264. The fourth-order valence-corrected chi connectivity index (χ4v) is 7.59. The molecule has 4 rings (SSSR count). The molecule has 0 saturated carbocycles. The van der Waals surface area contributed by atoms with Crippen LogP contribution >= 0.6 is 23.5 Å². The summed E-state index contributed by atoms with van der Waals surface area (Å²) in [6.07, 6.45) is -3.31. The van der Waals surface area contributed by atoms with Gasteiger partial charge in [-0.25, -0.2) is 18.5 Å². The van der Waals surface area contributed by atoms with Gasteiger partial charge >= 0.3 is 29.2 Å². The molecule has 0 spiro atoms. The Balaban J connectivity index is 1.47. The van der Waals surface area contributed by atoms with Crippen molar-refractivity contribution in [1.82, 2.24) is 9.55 Å². The maximum atomic E-state index is 12.4. The molecule has 8 atom stereocenters. The molecule has 3 heterocycles. The van der Waals surface area contributed by atoms with Crippen LogP contribution in [0.1, 0.15) is 25.1 Å². The molecular weight excluding hydrogens is 601 g/mol. The lowest BCUT2D eigenvalue weighted by molar-refractivity contribution is -0.150. The van der Waals surface area contributed by atoms with E-state index in [2.05, 4.69) is 18.1 Å². The van der Waals surface area contributed by atoms with Crippen LogP contribution in [-0.2, 0) is 52.0 Å². The molecular formula is C20H27N2O15P3. The van der Waals surface area contributed by atoms with Crippen molar-refractivity contribution in [3.63, 3.8) is 0 Å². The van der Waals surface area contributed by atoms with Gasteiger partial charge in [-0.15, -0.1) is 0 Å². The number of H-pyrrole nitrogens is 1. The van der Waals surface area contributed by atoms with Crippen LogP contribution < -0.4 is 11.2 Å². The second-order valence-corrected chi connectivity index (χ2v) is 13.2. The van der Waals surface area contributed by atoms with Gasteiger partial charge in [-0.2, -0.15) is 8.62 Å². The van der Waals surface area contributed by atoms with Gasteiger partial charge in [0.05, 0.1) is 13.2 Å². The molecule has 0 radical (unpaired) electrons. The Hall–Kier alpha value is -1.81. The number of aromatic amines is 1. The first-order chi connectivity index (χ1) is 18.8. The van der Waals surface area contributed by atoms with Gasteiger partial charge in [0, 0.05) is 18.7 Å². The van der Waals surface area contributed by atoms with E-state index >= 15 is 0 Å². The van der Waals surface area contributed by atoms with Gasteiger partial charge in [-0.3, -0.25) is 23.4 Å². The maximum Gasteiger partial charge on any atom is 0.490 e. The minimum atomic E-state index is -5.63. The Bertz CT molecular complexity index is 1430. The van der Waals surface area contributed by atoms with Crippen LogP contribution in [0.5, 0.6) is 0 Å². The normalized spacial score (nSPS) is 28.9. The number of benzene rings is 1. The molecule has 0 bridgehead atoms. The zero-order valence-corrected chi connectivity index (χ0v) is 23.5. The van der Waals surface area contributed by atoms with Crippen molar-refractivity contribution in [2.45, 2.75) is 50.6 Å². The van der Waals surface area contributed by atoms with Crippen LogP contribution in [0.4, 0.5) is 0 Å². The third-order valence-corrected chi connectivity index (χ3v) is 9.83. The number of hydrogen-bond acceptors (Lipinski definition) is 12. The smallest absolute Gasteiger partial charge is 0.346 e. The van der Waals surface area contributed by atoms with E-state index in [9.17, 15) is 38.0 Å². The second-order valence-electron chi connectivity index (χ2n) is 8.60. The minimum Gasteiger partial charge on any atom is -0.346 e. The van der Waals surface area contributed by atoms with E-state index in [1.165, 1.54) is 6.20 Å². The summed E-state index contributed by atoms with van der Waals surface area (Å²) in [6.45, 7) is 0.491. The van der Waals surface area contributed by atoms with Crippen molar-refractivity contribution in [2.24, 2.45) is 0 Å². The highest BCUT2D eigenvalue weighted by Crippen LogP contribution is 2.67. The molecule has 0 aliphatic carbocycles. The Morgan fingerprint density at radius 2 is 1.55 bits per heavy atom. The summed E-state index contributed by atoms with van der Waals surface area (Å²) in [5.74, 6) is 0. The average Bonchev–Trinajstić information content (AvgIpc) is 3.40. The van der Waals surface area contributed by atoms with E-state index in [0.29, 0.717) is 6.42 Å². The largest absolute Gasteiger partial charge is 0.490 e. The van der Waals surface area contributed by atoms with Gasteiger partial charge < -0.3 is 28.9 Å². The highest BCUT2D eigenvalue weighted by Gasteiger charge is 2.54. The topological polar surface area (TPSA) is 231 Å². The Morgan fingerprint density at radius 3 is 2.20 bits per heavy atom. The molecule has 40 heavy (non-hydrogen) atoms. The number of phosphoric ester groups is 2. The number of nitrogens with one attached hydrogen (secondary N) is 1. The van der Waals surface area contributed by atoms with Crippen molar-refractivity contribution in [3.05, 3.63) is 69.0 Å². The second kappa shape index (κ2) is 12.6. The standard InChI is InChI=1S/C20H27N2O15P3/c1-2-10-31-38(25,26)36-40(29,30)37-39(27,28)32-12-14-17-18(19(33-14)22-9-8-15(23)21-20(22)24)35-16(34-17)11-13-6-4-3-5-7-13/h3-9,14,16-19H,2,10-12H2,1H3,(H,25,26)(H,27,28)(H,29,30)(H,21,23,24). The van der Waals surface area contributed by atoms with Crippen LogP contribution in [0.15, 0.2) is 52.2 Å². The predicted molar refractivity (Wildman–Crippen MR) is 133 cm³/mol. The van der Waals surface area contributed by atoms with Crippen molar-refractivity contribution < 1.29 is 60.3 Å². The molecule has 2 fully saturated rings. The lowest BCUT2D eigenvalue weighted by atomic mass is 10.1. The predicted octanol–water partition coefficient (Wildman–Crippen LogP) is 1.56. The van der Waals surface area contributed by atoms with Crippen LogP contribution in [0.3, 0.4) is 0 Å². The average molecular weight is 628 g/mol. The lowest BCUT2D eigenvalue weighted by Gasteiger charge is -2.22. The molecule has 2 aliphatic rings. The van der Waals surface area contributed by atoms with Crippen molar-refractivity contribution in [2.75, 3.05) is 13.2 Å². The van der Waals surface area contributed by atoms with E-state index in [1.807, 2.05) is 30.3 Å². The number of ether oxygens (including phenoxy) is 3. The molecule has 2 saturated heterocycles. The molecule has 20 heteroatoms. The molecule has 8 unspecified atom stereocenters. The molecule has 1 aromatic heterocycles. The number of fused-ring (bicyclic) bond motifs is 1. The first kappa shape index (κ1) is 31.1. The zero-order chi connectivity index (χ0) is 29.1. The summed E-state index contributed by atoms with van der Waals surface area (Å²) < 4.78 is 72.2. The van der Waals surface area contributed by atoms with Gasteiger partial charge in [0.2, 0.25) is 0 Å². The van der Waals surface area contributed by atoms with Crippen LogP contribution in [0, 0.1) is 0 Å². The quantitative estimate of drug-likeness (QED) is 0.231. The Morgan fingerprint density at radius 1 is 0.900 bits per heavy atom. The van der Waals surface area contributed by atoms with Gasteiger partial charge in [0.25, 0.3) is 5.56 Å².